The number of hydrogen-bond donors (Lipinski definition) is 1. The van der Waals surface area contributed by atoms with Crippen LogP contribution in [-0.2, 0) is 17.8 Å². The van der Waals surface area contributed by atoms with E-state index < -0.39 is 10.8 Å². The molecule has 0 saturated heterocycles. The molecular formula is C25H19N5O3. The minimum absolute atomic E-state index is 0.0997. The number of hydrogen-bond acceptors (Lipinski definition) is 5. The third kappa shape index (κ3) is 4.78. The van der Waals surface area contributed by atoms with Crippen molar-refractivity contribution in [2.24, 2.45) is 5.10 Å². The maximum absolute atomic E-state index is 12.3. The van der Waals surface area contributed by atoms with Gasteiger partial charge in [-0.25, -0.2) is 5.43 Å². The van der Waals surface area contributed by atoms with Gasteiger partial charge in [-0.05, 0) is 17.7 Å². The Bertz CT molecular complexity index is 1420. The number of para-hydroxylation sites is 2. The van der Waals surface area contributed by atoms with Crippen LogP contribution in [0.4, 0.5) is 5.69 Å². The maximum atomic E-state index is 12.3. The van der Waals surface area contributed by atoms with Gasteiger partial charge in [0.15, 0.2) is 0 Å². The number of nitrogens with one attached hydrogen (secondary N) is 1. The molecule has 0 bridgehead atoms. The first-order chi connectivity index (χ1) is 16.1. The molecule has 162 valence electrons. The third-order valence-electron chi connectivity index (χ3n) is 5.23. The molecule has 0 fully saturated rings. The number of nitriles is 1. The van der Waals surface area contributed by atoms with Crippen LogP contribution in [0.1, 0.15) is 22.3 Å². The molecule has 3 aromatic carbocycles. The zero-order valence-electron chi connectivity index (χ0n) is 17.5. The minimum Gasteiger partial charge on any atom is -0.342 e. The fourth-order valence-corrected chi connectivity index (χ4v) is 3.68. The number of nitro benzene ring substituents is 1. The molecule has 0 saturated carbocycles. The molecular weight excluding hydrogens is 418 g/mol. The fourth-order valence-electron chi connectivity index (χ4n) is 3.68. The van der Waals surface area contributed by atoms with E-state index in [-0.39, 0.29) is 12.1 Å². The topological polar surface area (TPSA) is 113 Å². The molecule has 0 aliphatic rings. The highest BCUT2D eigenvalue weighted by atomic mass is 16.6. The highest BCUT2D eigenvalue weighted by molar-refractivity contribution is 5.99. The van der Waals surface area contributed by atoms with Gasteiger partial charge in [-0.3, -0.25) is 14.9 Å². The number of aromatic nitrogens is 1. The molecule has 0 atom stereocenters. The van der Waals surface area contributed by atoms with Crippen molar-refractivity contribution in [3.63, 3.8) is 0 Å². The quantitative estimate of drug-likeness (QED) is 0.266. The van der Waals surface area contributed by atoms with Crippen molar-refractivity contribution < 1.29 is 9.72 Å². The molecule has 0 aliphatic carbocycles. The van der Waals surface area contributed by atoms with E-state index in [9.17, 15) is 20.2 Å². The van der Waals surface area contributed by atoms with E-state index in [1.165, 1.54) is 6.07 Å². The number of carbonyl (C=O) groups excluding carboxylic acids is 1. The number of benzene rings is 3. The van der Waals surface area contributed by atoms with Gasteiger partial charge in [-0.2, -0.15) is 10.4 Å². The molecule has 1 amide bonds. The predicted molar refractivity (Wildman–Crippen MR) is 125 cm³/mol. The largest absolute Gasteiger partial charge is 0.342 e. The second-order valence-corrected chi connectivity index (χ2v) is 7.35. The third-order valence-corrected chi connectivity index (χ3v) is 5.23. The zero-order valence-corrected chi connectivity index (χ0v) is 17.5. The summed E-state index contributed by atoms with van der Waals surface area (Å²) in [6.07, 6.45) is 3.31. The summed E-state index contributed by atoms with van der Waals surface area (Å²) < 4.78 is 2.03. The SMILES string of the molecule is N#Cc1ccccc1Cn1cc(C=NNC(=O)Cc2ccccc2[N+](=O)[O-])c2ccccc21. The number of rotatable bonds is 7. The van der Waals surface area contributed by atoms with Crippen LogP contribution in [-0.4, -0.2) is 21.6 Å². The lowest BCUT2D eigenvalue weighted by atomic mass is 10.1. The van der Waals surface area contributed by atoms with E-state index in [1.54, 1.807) is 30.5 Å². The van der Waals surface area contributed by atoms with Crippen molar-refractivity contribution in [1.29, 1.82) is 5.26 Å². The molecule has 1 N–H and O–H groups in total. The smallest absolute Gasteiger partial charge is 0.273 e. The van der Waals surface area contributed by atoms with Crippen molar-refractivity contribution in [3.05, 3.63) is 111 Å². The minimum atomic E-state index is -0.509. The zero-order chi connectivity index (χ0) is 23.2. The average Bonchev–Trinajstić information content (AvgIpc) is 3.17. The van der Waals surface area contributed by atoms with Gasteiger partial charge in [0, 0.05) is 40.8 Å². The summed E-state index contributed by atoms with van der Waals surface area (Å²) in [6.45, 7) is 0.516. The van der Waals surface area contributed by atoms with E-state index >= 15 is 0 Å². The summed E-state index contributed by atoms with van der Waals surface area (Å²) in [5.41, 5.74) is 5.96. The molecule has 1 heterocycles. The molecule has 8 heteroatoms. The van der Waals surface area contributed by atoms with Crippen LogP contribution in [0.5, 0.6) is 0 Å². The Balaban J connectivity index is 1.53. The predicted octanol–water partition coefficient (Wildman–Crippen LogP) is 4.16. The highest BCUT2D eigenvalue weighted by Crippen LogP contribution is 2.22. The first-order valence-electron chi connectivity index (χ1n) is 10.2. The fraction of sp³-hybridized carbons (Fsp3) is 0.0800. The Labute approximate surface area is 189 Å². The summed E-state index contributed by atoms with van der Waals surface area (Å²) in [5, 5.41) is 25.5. The first kappa shape index (κ1) is 21.5. The van der Waals surface area contributed by atoms with Crippen molar-refractivity contribution in [1.82, 2.24) is 9.99 Å². The second kappa shape index (κ2) is 9.58. The first-order valence-corrected chi connectivity index (χ1v) is 10.2. The standard InChI is InChI=1S/C25H19N5O3/c26-14-19-8-1-2-9-20(19)16-29-17-21(22-10-4-6-12-24(22)29)15-27-28-25(31)13-18-7-3-5-11-23(18)30(32)33/h1-12,15,17H,13,16H2,(H,28,31). The van der Waals surface area contributed by atoms with Gasteiger partial charge in [-0.1, -0.05) is 54.6 Å². The van der Waals surface area contributed by atoms with Gasteiger partial charge >= 0.3 is 0 Å². The number of amides is 1. The lowest BCUT2D eigenvalue weighted by Crippen LogP contribution is -2.20. The molecule has 4 aromatic rings. The Morgan fingerprint density at radius 2 is 1.76 bits per heavy atom. The maximum Gasteiger partial charge on any atom is 0.273 e. The van der Waals surface area contributed by atoms with Crippen LogP contribution < -0.4 is 5.43 Å². The molecule has 1 aromatic heterocycles. The van der Waals surface area contributed by atoms with Gasteiger partial charge < -0.3 is 4.57 Å². The van der Waals surface area contributed by atoms with Crippen LogP contribution in [0.3, 0.4) is 0 Å². The van der Waals surface area contributed by atoms with Crippen LogP contribution in [0, 0.1) is 21.4 Å². The van der Waals surface area contributed by atoms with Gasteiger partial charge in [0.2, 0.25) is 5.91 Å². The van der Waals surface area contributed by atoms with Crippen LogP contribution in [0.15, 0.2) is 84.1 Å². The molecule has 4 rings (SSSR count). The summed E-state index contributed by atoms with van der Waals surface area (Å²) in [7, 11) is 0. The van der Waals surface area contributed by atoms with E-state index in [0.29, 0.717) is 17.7 Å². The number of nitro groups is 1. The Kier molecular flexibility index (Phi) is 6.23. The monoisotopic (exact) mass is 437 g/mol. The molecule has 8 nitrogen and oxygen atoms in total. The van der Waals surface area contributed by atoms with Gasteiger partial charge in [-0.15, -0.1) is 0 Å². The van der Waals surface area contributed by atoms with Crippen molar-refractivity contribution >= 4 is 28.7 Å². The number of carbonyl (C=O) groups is 1. The molecule has 33 heavy (non-hydrogen) atoms. The molecule has 0 aliphatic heterocycles. The summed E-state index contributed by atoms with van der Waals surface area (Å²) in [5.74, 6) is -0.452. The van der Waals surface area contributed by atoms with Crippen molar-refractivity contribution in [3.8, 4) is 6.07 Å². The van der Waals surface area contributed by atoms with Crippen molar-refractivity contribution in [2.75, 3.05) is 0 Å². The number of fused-ring (bicyclic) bond motifs is 1. The lowest BCUT2D eigenvalue weighted by Gasteiger charge is -2.07. The second-order valence-electron chi connectivity index (χ2n) is 7.35. The normalized spacial score (nSPS) is 10.9. The van der Waals surface area contributed by atoms with Gasteiger partial charge in [0.05, 0.1) is 29.2 Å². The summed E-state index contributed by atoms with van der Waals surface area (Å²) >= 11 is 0. The molecule has 0 radical (unpaired) electrons. The van der Waals surface area contributed by atoms with Gasteiger partial charge in [0.25, 0.3) is 5.69 Å². The Hall–Kier alpha value is -4.77. The van der Waals surface area contributed by atoms with E-state index in [1.807, 2.05) is 53.2 Å². The number of hydrazone groups is 1. The van der Waals surface area contributed by atoms with E-state index in [4.69, 9.17) is 0 Å². The van der Waals surface area contributed by atoms with Crippen molar-refractivity contribution in [2.45, 2.75) is 13.0 Å². The van der Waals surface area contributed by atoms with E-state index in [0.717, 1.165) is 22.0 Å². The lowest BCUT2D eigenvalue weighted by molar-refractivity contribution is -0.385. The number of nitrogens with zero attached hydrogens (tertiary/aromatic N) is 4. The van der Waals surface area contributed by atoms with E-state index in [2.05, 4.69) is 16.6 Å². The average molecular weight is 437 g/mol. The molecule has 0 spiro atoms. The summed E-state index contributed by atoms with van der Waals surface area (Å²) in [4.78, 5) is 22.9. The van der Waals surface area contributed by atoms with Gasteiger partial charge in [0.1, 0.15) is 0 Å². The summed E-state index contributed by atoms with van der Waals surface area (Å²) in [6, 6.07) is 23.6. The highest BCUT2D eigenvalue weighted by Gasteiger charge is 2.15. The Morgan fingerprint density at radius 1 is 1.06 bits per heavy atom. The Morgan fingerprint density at radius 3 is 2.55 bits per heavy atom. The van der Waals surface area contributed by atoms with Crippen LogP contribution >= 0.6 is 0 Å². The van der Waals surface area contributed by atoms with Crippen LogP contribution in [0.25, 0.3) is 10.9 Å². The molecule has 0 unspecified atom stereocenters. The van der Waals surface area contributed by atoms with Crippen LogP contribution in [0.2, 0.25) is 0 Å².